The zero-order valence-corrected chi connectivity index (χ0v) is 11.9. The normalized spacial score (nSPS) is 22.3. The first-order valence-electron chi connectivity index (χ1n) is 6.13. The Kier molecular flexibility index (Phi) is 3.91. The van der Waals surface area contributed by atoms with E-state index in [2.05, 4.69) is 5.32 Å². The summed E-state index contributed by atoms with van der Waals surface area (Å²) in [5, 5.41) is 2.86. The summed E-state index contributed by atoms with van der Waals surface area (Å²) in [5.41, 5.74) is 1.21. The molecule has 0 aromatic heterocycles. The van der Waals surface area contributed by atoms with Crippen LogP contribution in [0.4, 0.5) is 0 Å². The van der Waals surface area contributed by atoms with Crippen LogP contribution >= 0.6 is 0 Å². The van der Waals surface area contributed by atoms with Gasteiger partial charge in [0.05, 0.1) is 12.8 Å². The smallest absolute Gasteiger partial charge is 0.235 e. The Morgan fingerprint density at radius 1 is 1.37 bits per heavy atom. The fourth-order valence-corrected chi connectivity index (χ4v) is 2.35. The van der Waals surface area contributed by atoms with E-state index in [0.29, 0.717) is 5.92 Å². The second-order valence-electron chi connectivity index (χ2n) is 4.95. The Labute approximate surface area is 113 Å². The molecule has 0 radical (unpaired) electrons. The SMILES string of the molecule is CN(CC(=O)N[C@H]1C[C@H]1c1ccccc1)S(C)(=O)=O. The molecule has 1 fully saturated rings. The first-order valence-corrected chi connectivity index (χ1v) is 7.98. The molecule has 6 heteroatoms. The van der Waals surface area contributed by atoms with Gasteiger partial charge in [-0.2, -0.15) is 4.31 Å². The van der Waals surface area contributed by atoms with Gasteiger partial charge in [0, 0.05) is 19.0 Å². The average molecular weight is 282 g/mol. The molecule has 104 valence electrons. The summed E-state index contributed by atoms with van der Waals surface area (Å²) < 4.78 is 23.4. The number of rotatable bonds is 5. The fraction of sp³-hybridized carbons (Fsp3) is 0.462. The van der Waals surface area contributed by atoms with E-state index in [9.17, 15) is 13.2 Å². The van der Waals surface area contributed by atoms with Gasteiger partial charge in [-0.25, -0.2) is 8.42 Å². The highest BCUT2D eigenvalue weighted by Gasteiger charge is 2.39. The summed E-state index contributed by atoms with van der Waals surface area (Å²) in [6.07, 6.45) is 2.00. The lowest BCUT2D eigenvalue weighted by atomic mass is 10.1. The monoisotopic (exact) mass is 282 g/mol. The number of nitrogens with zero attached hydrogens (tertiary/aromatic N) is 1. The maximum Gasteiger partial charge on any atom is 0.235 e. The second-order valence-corrected chi connectivity index (χ2v) is 7.04. The number of hydrogen-bond acceptors (Lipinski definition) is 3. The number of likely N-dealkylation sites (N-methyl/N-ethyl adjacent to an activating group) is 1. The van der Waals surface area contributed by atoms with Gasteiger partial charge in [0.25, 0.3) is 0 Å². The van der Waals surface area contributed by atoms with Crippen molar-refractivity contribution in [2.24, 2.45) is 0 Å². The fourth-order valence-electron chi connectivity index (χ4n) is 2.00. The highest BCUT2D eigenvalue weighted by Crippen LogP contribution is 2.40. The zero-order chi connectivity index (χ0) is 14.0. The minimum atomic E-state index is -3.31. The lowest BCUT2D eigenvalue weighted by Gasteiger charge is -2.13. The topological polar surface area (TPSA) is 66.5 Å². The van der Waals surface area contributed by atoms with Crippen LogP contribution in [0, 0.1) is 0 Å². The molecule has 1 N–H and O–H groups in total. The van der Waals surface area contributed by atoms with Gasteiger partial charge in [0.15, 0.2) is 0 Å². The van der Waals surface area contributed by atoms with Crippen LogP contribution in [0.2, 0.25) is 0 Å². The molecule has 1 aliphatic carbocycles. The molecule has 2 rings (SSSR count). The lowest BCUT2D eigenvalue weighted by molar-refractivity contribution is -0.121. The Bertz CT molecular complexity index is 557. The van der Waals surface area contributed by atoms with Gasteiger partial charge < -0.3 is 5.32 Å². The summed E-state index contributed by atoms with van der Waals surface area (Å²) in [5.74, 6) is 0.102. The van der Waals surface area contributed by atoms with Crippen molar-refractivity contribution in [1.82, 2.24) is 9.62 Å². The highest BCUT2D eigenvalue weighted by molar-refractivity contribution is 7.88. The molecular weight excluding hydrogens is 264 g/mol. The van der Waals surface area contributed by atoms with Crippen LogP contribution in [0.15, 0.2) is 30.3 Å². The van der Waals surface area contributed by atoms with Crippen molar-refractivity contribution in [1.29, 1.82) is 0 Å². The largest absolute Gasteiger partial charge is 0.352 e. The maximum atomic E-state index is 11.7. The number of benzene rings is 1. The quantitative estimate of drug-likeness (QED) is 0.857. The number of carbonyl (C=O) groups excluding carboxylic acids is 1. The van der Waals surface area contributed by atoms with E-state index in [1.165, 1.54) is 12.6 Å². The van der Waals surface area contributed by atoms with Gasteiger partial charge in [-0.15, -0.1) is 0 Å². The van der Waals surface area contributed by atoms with E-state index in [1.807, 2.05) is 30.3 Å². The molecule has 2 atom stereocenters. The Hall–Kier alpha value is -1.40. The van der Waals surface area contributed by atoms with Gasteiger partial charge in [-0.05, 0) is 12.0 Å². The molecule has 1 aliphatic rings. The third-order valence-corrected chi connectivity index (χ3v) is 4.56. The molecule has 1 amide bonds. The van der Waals surface area contributed by atoms with Crippen LogP contribution in [0.5, 0.6) is 0 Å². The van der Waals surface area contributed by atoms with Gasteiger partial charge in [-0.1, -0.05) is 30.3 Å². The maximum absolute atomic E-state index is 11.7. The molecule has 0 spiro atoms. The molecule has 1 aromatic rings. The lowest BCUT2D eigenvalue weighted by Crippen LogP contribution is -2.39. The number of amides is 1. The van der Waals surface area contributed by atoms with Gasteiger partial charge in [-0.3, -0.25) is 4.79 Å². The second kappa shape index (κ2) is 5.30. The summed E-state index contributed by atoms with van der Waals surface area (Å²) >= 11 is 0. The van der Waals surface area contributed by atoms with Gasteiger partial charge in [0.1, 0.15) is 0 Å². The summed E-state index contributed by atoms with van der Waals surface area (Å²) in [4.78, 5) is 11.7. The Morgan fingerprint density at radius 2 is 2.00 bits per heavy atom. The number of carbonyl (C=O) groups is 1. The van der Waals surface area contributed by atoms with Crippen molar-refractivity contribution in [2.45, 2.75) is 18.4 Å². The van der Waals surface area contributed by atoms with E-state index in [0.717, 1.165) is 17.0 Å². The number of sulfonamides is 1. The first-order chi connectivity index (χ1) is 8.88. The van der Waals surface area contributed by atoms with Crippen molar-refractivity contribution in [3.63, 3.8) is 0 Å². The third-order valence-electron chi connectivity index (χ3n) is 3.30. The van der Waals surface area contributed by atoms with E-state index in [4.69, 9.17) is 0 Å². The predicted molar refractivity (Wildman–Crippen MR) is 73.2 cm³/mol. The summed E-state index contributed by atoms with van der Waals surface area (Å²) in [6.45, 7) is -0.128. The van der Waals surface area contributed by atoms with Crippen LogP contribution in [0.1, 0.15) is 17.9 Å². The van der Waals surface area contributed by atoms with Crippen molar-refractivity contribution < 1.29 is 13.2 Å². The summed E-state index contributed by atoms with van der Waals surface area (Å²) in [6, 6.07) is 10.1. The Balaban J connectivity index is 1.83. The summed E-state index contributed by atoms with van der Waals surface area (Å²) in [7, 11) is -1.91. The first kappa shape index (κ1) is 14.0. The average Bonchev–Trinajstić information content (AvgIpc) is 3.08. The molecule has 0 unspecified atom stereocenters. The molecule has 5 nitrogen and oxygen atoms in total. The van der Waals surface area contributed by atoms with E-state index >= 15 is 0 Å². The van der Waals surface area contributed by atoms with Crippen LogP contribution in [0.25, 0.3) is 0 Å². The van der Waals surface area contributed by atoms with Crippen LogP contribution in [0.3, 0.4) is 0 Å². The Morgan fingerprint density at radius 3 is 2.58 bits per heavy atom. The van der Waals surface area contributed by atoms with Crippen molar-refractivity contribution >= 4 is 15.9 Å². The van der Waals surface area contributed by atoms with E-state index < -0.39 is 10.0 Å². The predicted octanol–water partition coefficient (Wildman–Crippen LogP) is 0.550. The molecule has 0 saturated heterocycles. The van der Waals surface area contributed by atoms with Crippen LogP contribution < -0.4 is 5.32 Å². The molecule has 0 heterocycles. The molecule has 0 bridgehead atoms. The van der Waals surface area contributed by atoms with Crippen molar-refractivity contribution in [2.75, 3.05) is 19.8 Å². The molecule has 1 saturated carbocycles. The molecule has 0 aliphatic heterocycles. The van der Waals surface area contributed by atoms with E-state index in [-0.39, 0.29) is 18.5 Å². The molecule has 1 aromatic carbocycles. The number of nitrogens with one attached hydrogen (secondary N) is 1. The zero-order valence-electron chi connectivity index (χ0n) is 11.0. The van der Waals surface area contributed by atoms with Crippen LogP contribution in [-0.2, 0) is 14.8 Å². The number of hydrogen-bond donors (Lipinski definition) is 1. The minimum Gasteiger partial charge on any atom is -0.352 e. The molecule has 19 heavy (non-hydrogen) atoms. The van der Waals surface area contributed by atoms with E-state index in [1.54, 1.807) is 0 Å². The van der Waals surface area contributed by atoms with Crippen molar-refractivity contribution in [3.8, 4) is 0 Å². The minimum absolute atomic E-state index is 0.128. The standard InChI is InChI=1S/C13H18N2O3S/c1-15(19(2,17)18)9-13(16)14-12-8-11(12)10-6-4-3-5-7-10/h3-7,11-12H,8-9H2,1-2H3,(H,14,16)/t11-,12-/m0/s1. The van der Waals surface area contributed by atoms with Crippen LogP contribution in [-0.4, -0.2) is 44.5 Å². The molecular formula is C13H18N2O3S. The third kappa shape index (κ3) is 3.78. The van der Waals surface area contributed by atoms with Gasteiger partial charge in [0.2, 0.25) is 15.9 Å². The highest BCUT2D eigenvalue weighted by atomic mass is 32.2. The van der Waals surface area contributed by atoms with Crippen molar-refractivity contribution in [3.05, 3.63) is 35.9 Å². The van der Waals surface area contributed by atoms with Gasteiger partial charge >= 0.3 is 0 Å².